The number of carbonyl (C=O) groups excluding carboxylic acids is 1. The Morgan fingerprint density at radius 2 is 1.94 bits per heavy atom. The third kappa shape index (κ3) is 2.76. The van der Waals surface area contributed by atoms with Gasteiger partial charge in [0.25, 0.3) is 0 Å². The number of ether oxygens (including phenoxy) is 1. The number of carbonyl (C=O) groups is 1. The predicted octanol–water partition coefficient (Wildman–Crippen LogP) is 3.63. The second kappa shape index (κ2) is 5.35. The zero-order valence-corrected chi connectivity index (χ0v) is 10.8. The minimum atomic E-state index is -0.492. The van der Waals surface area contributed by atoms with E-state index in [1.165, 1.54) is 0 Å². The Labute approximate surface area is 102 Å². The van der Waals surface area contributed by atoms with Gasteiger partial charge in [-0.25, -0.2) is 0 Å². The molecule has 3 heteroatoms. The van der Waals surface area contributed by atoms with Crippen molar-refractivity contribution in [2.45, 2.75) is 32.1 Å². The molecule has 1 rings (SSSR count). The van der Waals surface area contributed by atoms with Crippen LogP contribution in [0, 0.1) is 0 Å². The summed E-state index contributed by atoms with van der Waals surface area (Å²) in [5, 5.41) is -0.492. The molecule has 1 unspecified atom stereocenters. The van der Waals surface area contributed by atoms with Crippen LogP contribution in [-0.4, -0.2) is 18.3 Å². The summed E-state index contributed by atoms with van der Waals surface area (Å²) >= 11 is 5.79. The second-order valence-electron chi connectivity index (χ2n) is 4.09. The van der Waals surface area contributed by atoms with Crippen LogP contribution in [0.3, 0.4) is 0 Å². The van der Waals surface area contributed by atoms with Gasteiger partial charge >= 0.3 is 0 Å². The molecule has 1 aromatic rings. The molecule has 0 radical (unpaired) electrons. The monoisotopic (exact) mass is 240 g/mol. The van der Waals surface area contributed by atoms with Crippen molar-refractivity contribution in [1.82, 2.24) is 0 Å². The van der Waals surface area contributed by atoms with Gasteiger partial charge in [0.15, 0.2) is 5.78 Å². The van der Waals surface area contributed by atoms with E-state index in [4.69, 9.17) is 16.3 Å². The third-order valence-electron chi connectivity index (χ3n) is 2.50. The highest BCUT2D eigenvalue weighted by atomic mass is 35.5. The average Bonchev–Trinajstić information content (AvgIpc) is 2.26. The van der Waals surface area contributed by atoms with Gasteiger partial charge in [0.2, 0.25) is 0 Å². The lowest BCUT2D eigenvalue weighted by Crippen LogP contribution is -2.11. The highest BCUT2D eigenvalue weighted by Crippen LogP contribution is 2.27. The van der Waals surface area contributed by atoms with Gasteiger partial charge in [0, 0.05) is 5.56 Å². The number of Topliss-reactive ketones (excluding diaryl/α,β-unsaturated/α-hetero) is 1. The van der Waals surface area contributed by atoms with E-state index >= 15 is 0 Å². The topological polar surface area (TPSA) is 26.3 Å². The number of hydrogen-bond donors (Lipinski definition) is 0. The van der Waals surface area contributed by atoms with Crippen LogP contribution < -0.4 is 4.74 Å². The molecule has 88 valence electrons. The highest BCUT2D eigenvalue weighted by molar-refractivity contribution is 6.33. The summed E-state index contributed by atoms with van der Waals surface area (Å²) in [4.78, 5) is 11.7. The fourth-order valence-corrected chi connectivity index (χ4v) is 1.69. The minimum Gasteiger partial charge on any atom is -0.496 e. The lowest BCUT2D eigenvalue weighted by atomic mass is 9.97. The van der Waals surface area contributed by atoms with Crippen LogP contribution >= 0.6 is 11.6 Å². The Bertz CT molecular complexity index is 384. The first-order chi connectivity index (χ1) is 7.47. The Kier molecular flexibility index (Phi) is 4.36. The SMILES string of the molecule is COc1ccc(C(=O)C(C)Cl)cc1C(C)C. The molecule has 16 heavy (non-hydrogen) atoms. The molecule has 0 aliphatic carbocycles. The van der Waals surface area contributed by atoms with Crippen molar-refractivity contribution in [2.24, 2.45) is 0 Å². The fraction of sp³-hybridized carbons (Fsp3) is 0.462. The van der Waals surface area contributed by atoms with E-state index in [1.54, 1.807) is 20.1 Å². The number of ketones is 1. The molecule has 0 heterocycles. The average molecular weight is 241 g/mol. The summed E-state index contributed by atoms with van der Waals surface area (Å²) in [6, 6.07) is 5.44. The Morgan fingerprint density at radius 1 is 1.31 bits per heavy atom. The van der Waals surface area contributed by atoms with Gasteiger partial charge in [-0.1, -0.05) is 13.8 Å². The molecular weight excluding hydrogens is 224 g/mol. The van der Waals surface area contributed by atoms with Crippen LogP contribution in [0.4, 0.5) is 0 Å². The summed E-state index contributed by atoms with van der Waals surface area (Å²) < 4.78 is 5.26. The van der Waals surface area contributed by atoms with Crippen molar-refractivity contribution in [2.75, 3.05) is 7.11 Å². The summed E-state index contributed by atoms with van der Waals surface area (Å²) in [5.74, 6) is 1.08. The van der Waals surface area contributed by atoms with Crippen LogP contribution in [0.15, 0.2) is 18.2 Å². The molecule has 0 spiro atoms. The number of alkyl halides is 1. The third-order valence-corrected chi connectivity index (χ3v) is 2.70. The van der Waals surface area contributed by atoms with Crippen molar-refractivity contribution in [3.8, 4) is 5.75 Å². The lowest BCUT2D eigenvalue weighted by molar-refractivity contribution is 0.0991. The first kappa shape index (κ1) is 13.0. The first-order valence-electron chi connectivity index (χ1n) is 5.33. The summed E-state index contributed by atoms with van der Waals surface area (Å²) in [6.07, 6.45) is 0. The molecule has 2 nitrogen and oxygen atoms in total. The van der Waals surface area contributed by atoms with E-state index in [1.807, 2.05) is 12.1 Å². The van der Waals surface area contributed by atoms with Crippen molar-refractivity contribution < 1.29 is 9.53 Å². The lowest BCUT2D eigenvalue weighted by Gasteiger charge is -2.13. The van der Waals surface area contributed by atoms with E-state index < -0.39 is 5.38 Å². The van der Waals surface area contributed by atoms with E-state index in [0.717, 1.165) is 11.3 Å². The standard InChI is InChI=1S/C13H17ClO2/c1-8(2)11-7-10(13(15)9(3)14)5-6-12(11)16-4/h5-9H,1-4H3. The molecular formula is C13H17ClO2. The number of methoxy groups -OCH3 is 1. The smallest absolute Gasteiger partial charge is 0.180 e. The van der Waals surface area contributed by atoms with Crippen LogP contribution in [0.1, 0.15) is 42.6 Å². The van der Waals surface area contributed by atoms with Gasteiger partial charge in [-0.2, -0.15) is 0 Å². The number of rotatable bonds is 4. The summed E-state index contributed by atoms with van der Waals surface area (Å²) in [6.45, 7) is 5.82. The molecule has 0 saturated carbocycles. The number of benzene rings is 1. The Balaban J connectivity index is 3.17. The van der Waals surface area contributed by atoms with Gasteiger partial charge in [0.1, 0.15) is 5.75 Å². The second-order valence-corrected chi connectivity index (χ2v) is 4.75. The van der Waals surface area contributed by atoms with Crippen LogP contribution in [0.25, 0.3) is 0 Å². The zero-order valence-electron chi connectivity index (χ0n) is 10.1. The van der Waals surface area contributed by atoms with E-state index in [9.17, 15) is 4.79 Å². The van der Waals surface area contributed by atoms with Crippen LogP contribution in [0.5, 0.6) is 5.75 Å². The maximum Gasteiger partial charge on any atom is 0.180 e. The van der Waals surface area contributed by atoms with Crippen molar-refractivity contribution in [3.63, 3.8) is 0 Å². The molecule has 1 aromatic carbocycles. The van der Waals surface area contributed by atoms with Gasteiger partial charge < -0.3 is 4.74 Å². The van der Waals surface area contributed by atoms with Crippen LogP contribution in [0.2, 0.25) is 0 Å². The van der Waals surface area contributed by atoms with Gasteiger partial charge in [-0.3, -0.25) is 4.79 Å². The molecule has 0 fully saturated rings. The zero-order chi connectivity index (χ0) is 12.3. The maximum absolute atomic E-state index is 11.7. The van der Waals surface area contributed by atoms with Gasteiger partial charge in [0.05, 0.1) is 12.5 Å². The van der Waals surface area contributed by atoms with E-state index in [2.05, 4.69) is 13.8 Å². The normalized spacial score (nSPS) is 12.6. The molecule has 0 bridgehead atoms. The Morgan fingerprint density at radius 3 is 2.38 bits per heavy atom. The minimum absolute atomic E-state index is 0.0498. The van der Waals surface area contributed by atoms with Gasteiger partial charge in [-0.15, -0.1) is 11.6 Å². The quantitative estimate of drug-likeness (QED) is 0.594. The van der Waals surface area contributed by atoms with E-state index in [-0.39, 0.29) is 5.78 Å². The highest BCUT2D eigenvalue weighted by Gasteiger charge is 2.15. The van der Waals surface area contributed by atoms with Crippen molar-refractivity contribution in [1.29, 1.82) is 0 Å². The molecule has 0 aliphatic rings. The summed E-state index contributed by atoms with van der Waals surface area (Å²) in [5.41, 5.74) is 1.68. The molecule has 0 amide bonds. The molecule has 0 aliphatic heterocycles. The van der Waals surface area contributed by atoms with Crippen molar-refractivity contribution in [3.05, 3.63) is 29.3 Å². The molecule has 0 saturated heterocycles. The molecule has 0 aromatic heterocycles. The fourth-order valence-electron chi connectivity index (χ4n) is 1.57. The maximum atomic E-state index is 11.7. The number of hydrogen-bond acceptors (Lipinski definition) is 2. The molecule has 1 atom stereocenters. The molecule has 0 N–H and O–H groups in total. The van der Waals surface area contributed by atoms with Crippen molar-refractivity contribution >= 4 is 17.4 Å². The number of halogens is 1. The van der Waals surface area contributed by atoms with Crippen LogP contribution in [-0.2, 0) is 0 Å². The Hall–Kier alpha value is -1.02. The predicted molar refractivity (Wildman–Crippen MR) is 66.7 cm³/mol. The summed E-state index contributed by atoms with van der Waals surface area (Å²) in [7, 11) is 1.63. The first-order valence-corrected chi connectivity index (χ1v) is 5.77. The van der Waals surface area contributed by atoms with Gasteiger partial charge in [-0.05, 0) is 36.6 Å². The largest absolute Gasteiger partial charge is 0.496 e. The van der Waals surface area contributed by atoms with E-state index in [0.29, 0.717) is 11.5 Å².